The molecule has 1 aliphatic rings. The van der Waals surface area contributed by atoms with Gasteiger partial charge in [0, 0.05) is 5.56 Å². The second-order valence-electron chi connectivity index (χ2n) is 6.59. The SMILES string of the molecule is Cc1ccc2c(c1)C(=O)/C(=C/c1ccc(OCC(=O)c3ccccc3)cc1)O2. The Balaban J connectivity index is 1.42. The van der Waals surface area contributed by atoms with Gasteiger partial charge in [-0.1, -0.05) is 54.1 Å². The first kappa shape index (κ1) is 17.7. The smallest absolute Gasteiger partial charge is 0.231 e. The molecular formula is C24H18O4. The standard InChI is InChI=1S/C24H18O4/c1-16-7-12-22-20(13-16)24(26)23(28-22)14-17-8-10-19(11-9-17)27-15-21(25)18-5-3-2-4-6-18/h2-14H,15H2,1H3/b23-14-. The summed E-state index contributed by atoms with van der Waals surface area (Å²) in [4.78, 5) is 24.6. The number of aryl methyl sites for hydroxylation is 1. The molecule has 4 heteroatoms. The van der Waals surface area contributed by atoms with Gasteiger partial charge in [-0.05, 0) is 42.8 Å². The number of rotatable bonds is 5. The van der Waals surface area contributed by atoms with Gasteiger partial charge in [0.15, 0.2) is 18.1 Å². The lowest BCUT2D eigenvalue weighted by Crippen LogP contribution is -2.11. The number of carbonyl (C=O) groups is 2. The molecule has 138 valence electrons. The predicted molar refractivity (Wildman–Crippen MR) is 107 cm³/mol. The Morgan fingerprint density at radius 1 is 1.00 bits per heavy atom. The van der Waals surface area contributed by atoms with E-state index < -0.39 is 0 Å². The summed E-state index contributed by atoms with van der Waals surface area (Å²) in [6, 6.07) is 21.8. The fourth-order valence-corrected chi connectivity index (χ4v) is 2.97. The molecular weight excluding hydrogens is 352 g/mol. The normalized spacial score (nSPS) is 13.9. The van der Waals surface area contributed by atoms with Crippen molar-refractivity contribution in [3.8, 4) is 11.5 Å². The highest BCUT2D eigenvalue weighted by molar-refractivity contribution is 6.14. The zero-order chi connectivity index (χ0) is 19.5. The largest absolute Gasteiger partial charge is 0.485 e. The molecule has 28 heavy (non-hydrogen) atoms. The Morgan fingerprint density at radius 3 is 2.50 bits per heavy atom. The molecule has 1 heterocycles. The van der Waals surface area contributed by atoms with Crippen molar-refractivity contribution in [1.29, 1.82) is 0 Å². The molecule has 4 nitrogen and oxygen atoms in total. The van der Waals surface area contributed by atoms with Gasteiger partial charge in [0.2, 0.25) is 5.78 Å². The molecule has 0 aromatic heterocycles. The van der Waals surface area contributed by atoms with Crippen molar-refractivity contribution in [2.45, 2.75) is 6.92 Å². The number of benzene rings is 3. The van der Waals surface area contributed by atoms with E-state index in [0.717, 1.165) is 11.1 Å². The highest BCUT2D eigenvalue weighted by atomic mass is 16.5. The second kappa shape index (κ2) is 7.53. The van der Waals surface area contributed by atoms with Crippen LogP contribution < -0.4 is 9.47 Å². The molecule has 3 aromatic carbocycles. The van der Waals surface area contributed by atoms with Gasteiger partial charge in [-0.15, -0.1) is 0 Å². The number of carbonyl (C=O) groups excluding carboxylic acids is 2. The topological polar surface area (TPSA) is 52.6 Å². The van der Waals surface area contributed by atoms with E-state index in [1.807, 2.05) is 55.5 Å². The fourth-order valence-electron chi connectivity index (χ4n) is 2.97. The molecule has 4 rings (SSSR count). The van der Waals surface area contributed by atoms with Gasteiger partial charge in [0.25, 0.3) is 0 Å². The van der Waals surface area contributed by atoms with E-state index in [9.17, 15) is 9.59 Å². The van der Waals surface area contributed by atoms with Crippen molar-refractivity contribution in [3.05, 3.63) is 101 Å². The van der Waals surface area contributed by atoms with Crippen LogP contribution in [0, 0.1) is 6.92 Å². The van der Waals surface area contributed by atoms with Gasteiger partial charge in [-0.25, -0.2) is 0 Å². The zero-order valence-electron chi connectivity index (χ0n) is 15.3. The Morgan fingerprint density at radius 2 is 1.75 bits per heavy atom. The summed E-state index contributed by atoms with van der Waals surface area (Å²) in [5.74, 6) is 1.27. The summed E-state index contributed by atoms with van der Waals surface area (Å²) in [7, 11) is 0. The molecule has 0 fully saturated rings. The molecule has 0 spiro atoms. The van der Waals surface area contributed by atoms with Crippen LogP contribution in [0.3, 0.4) is 0 Å². The third-order valence-electron chi connectivity index (χ3n) is 4.47. The lowest BCUT2D eigenvalue weighted by atomic mass is 10.1. The summed E-state index contributed by atoms with van der Waals surface area (Å²) in [6.45, 7) is 1.91. The maximum absolute atomic E-state index is 12.5. The van der Waals surface area contributed by atoms with Crippen LogP contribution in [0.25, 0.3) is 6.08 Å². The van der Waals surface area contributed by atoms with E-state index in [2.05, 4.69) is 0 Å². The van der Waals surface area contributed by atoms with Crippen LogP contribution in [0.2, 0.25) is 0 Å². The van der Waals surface area contributed by atoms with Crippen LogP contribution in [0.4, 0.5) is 0 Å². The minimum atomic E-state index is -0.118. The van der Waals surface area contributed by atoms with E-state index in [1.54, 1.807) is 30.3 Å². The lowest BCUT2D eigenvalue weighted by Gasteiger charge is -2.06. The Hall–Kier alpha value is -3.66. The number of hydrogen-bond donors (Lipinski definition) is 0. The average Bonchev–Trinajstić information content (AvgIpc) is 3.03. The maximum atomic E-state index is 12.5. The number of hydrogen-bond acceptors (Lipinski definition) is 4. The highest BCUT2D eigenvalue weighted by Crippen LogP contribution is 2.32. The zero-order valence-corrected chi connectivity index (χ0v) is 15.3. The van der Waals surface area contributed by atoms with Crippen molar-refractivity contribution >= 4 is 17.6 Å². The van der Waals surface area contributed by atoms with Crippen molar-refractivity contribution in [3.63, 3.8) is 0 Å². The summed E-state index contributed by atoms with van der Waals surface area (Å²) in [6.07, 6.45) is 1.70. The number of ketones is 2. The van der Waals surface area contributed by atoms with Gasteiger partial charge in [0.05, 0.1) is 5.56 Å². The molecule has 0 atom stereocenters. The van der Waals surface area contributed by atoms with Gasteiger partial charge < -0.3 is 9.47 Å². The first-order valence-corrected chi connectivity index (χ1v) is 8.96. The summed E-state index contributed by atoms with van der Waals surface area (Å²) >= 11 is 0. The van der Waals surface area contributed by atoms with Gasteiger partial charge in [0.1, 0.15) is 11.5 Å². The molecule has 0 radical (unpaired) electrons. The minimum absolute atomic E-state index is 0.0271. The van der Waals surface area contributed by atoms with Gasteiger partial charge >= 0.3 is 0 Å². The van der Waals surface area contributed by atoms with Crippen molar-refractivity contribution < 1.29 is 19.1 Å². The van der Waals surface area contributed by atoms with E-state index in [4.69, 9.17) is 9.47 Å². The second-order valence-corrected chi connectivity index (χ2v) is 6.59. The van der Waals surface area contributed by atoms with E-state index >= 15 is 0 Å². The quantitative estimate of drug-likeness (QED) is 0.475. The number of allylic oxidation sites excluding steroid dienone is 1. The Labute approximate surface area is 163 Å². The molecule has 1 aliphatic heterocycles. The van der Waals surface area contributed by atoms with Crippen LogP contribution in [0.5, 0.6) is 11.5 Å². The number of Topliss-reactive ketones (excluding diaryl/α,β-unsaturated/α-hetero) is 2. The highest BCUT2D eigenvalue weighted by Gasteiger charge is 2.27. The summed E-state index contributed by atoms with van der Waals surface area (Å²) < 4.78 is 11.2. The first-order valence-electron chi connectivity index (χ1n) is 8.96. The van der Waals surface area contributed by atoms with Crippen LogP contribution >= 0.6 is 0 Å². The van der Waals surface area contributed by atoms with Crippen LogP contribution in [0.1, 0.15) is 31.8 Å². The monoisotopic (exact) mass is 370 g/mol. The molecule has 0 saturated carbocycles. The van der Waals surface area contributed by atoms with Crippen molar-refractivity contribution in [2.24, 2.45) is 0 Å². The molecule has 3 aromatic rings. The van der Waals surface area contributed by atoms with Crippen molar-refractivity contribution in [2.75, 3.05) is 6.61 Å². The first-order chi connectivity index (χ1) is 13.6. The number of ether oxygens (including phenoxy) is 2. The maximum Gasteiger partial charge on any atom is 0.231 e. The molecule has 0 aliphatic carbocycles. The van der Waals surface area contributed by atoms with Gasteiger partial charge in [-0.3, -0.25) is 9.59 Å². The fraction of sp³-hybridized carbons (Fsp3) is 0.0833. The summed E-state index contributed by atoms with van der Waals surface area (Å²) in [5, 5.41) is 0. The third kappa shape index (κ3) is 3.71. The minimum Gasteiger partial charge on any atom is -0.485 e. The molecule has 0 amide bonds. The Kier molecular flexibility index (Phi) is 4.77. The van der Waals surface area contributed by atoms with E-state index in [-0.39, 0.29) is 18.2 Å². The third-order valence-corrected chi connectivity index (χ3v) is 4.47. The summed E-state index contributed by atoms with van der Waals surface area (Å²) in [5.41, 5.74) is 3.04. The van der Waals surface area contributed by atoms with E-state index in [1.165, 1.54) is 0 Å². The molecule has 0 bridgehead atoms. The van der Waals surface area contributed by atoms with Crippen molar-refractivity contribution in [1.82, 2.24) is 0 Å². The van der Waals surface area contributed by atoms with Gasteiger partial charge in [-0.2, -0.15) is 0 Å². The molecule has 0 saturated heterocycles. The average molecular weight is 370 g/mol. The molecule has 0 N–H and O–H groups in total. The predicted octanol–water partition coefficient (Wildman–Crippen LogP) is 4.87. The molecule has 0 unspecified atom stereocenters. The Bertz CT molecular complexity index is 1060. The lowest BCUT2D eigenvalue weighted by molar-refractivity contribution is 0.0921. The van der Waals surface area contributed by atoms with Crippen LogP contribution in [-0.4, -0.2) is 18.2 Å². The number of fused-ring (bicyclic) bond motifs is 1. The van der Waals surface area contributed by atoms with E-state index in [0.29, 0.717) is 28.4 Å². The van der Waals surface area contributed by atoms with Crippen LogP contribution in [0.15, 0.2) is 78.6 Å². The van der Waals surface area contributed by atoms with Crippen LogP contribution in [-0.2, 0) is 0 Å².